The minimum absolute atomic E-state index is 0.0303. The van der Waals surface area contributed by atoms with Gasteiger partial charge in [-0.25, -0.2) is 0 Å². The highest BCUT2D eigenvalue weighted by Gasteiger charge is 2.43. The van der Waals surface area contributed by atoms with Crippen LogP contribution in [0.15, 0.2) is 53.7 Å². The lowest BCUT2D eigenvalue weighted by Gasteiger charge is -2.40. The van der Waals surface area contributed by atoms with Gasteiger partial charge in [-0.3, -0.25) is 9.69 Å². The molecule has 1 spiro atoms. The van der Waals surface area contributed by atoms with E-state index < -0.39 is 0 Å². The van der Waals surface area contributed by atoms with Crippen molar-refractivity contribution in [2.24, 2.45) is 5.41 Å². The van der Waals surface area contributed by atoms with Crippen LogP contribution in [0.3, 0.4) is 0 Å². The van der Waals surface area contributed by atoms with E-state index in [9.17, 15) is 4.79 Å². The minimum atomic E-state index is 0.0303. The van der Waals surface area contributed by atoms with Gasteiger partial charge in [-0.15, -0.1) is 0 Å². The average molecular weight is 350 g/mol. The number of likely N-dealkylation sites (tertiary alicyclic amines) is 2. The van der Waals surface area contributed by atoms with Gasteiger partial charge in [0.1, 0.15) is 0 Å². The zero-order chi connectivity index (χ0) is 18.0. The predicted molar refractivity (Wildman–Crippen MR) is 103 cm³/mol. The molecule has 136 valence electrons. The molecule has 2 aliphatic heterocycles. The molecule has 2 aromatic rings. The maximum Gasteiger partial charge on any atom is 0.289 e. The summed E-state index contributed by atoms with van der Waals surface area (Å²) in [6.45, 7) is 8.70. The van der Waals surface area contributed by atoms with E-state index in [1.54, 1.807) is 18.4 Å². The first-order chi connectivity index (χ1) is 12.7. The third kappa shape index (κ3) is 3.47. The molecule has 0 N–H and O–H groups in total. The van der Waals surface area contributed by atoms with E-state index in [-0.39, 0.29) is 11.3 Å². The van der Waals surface area contributed by atoms with Crippen molar-refractivity contribution in [2.75, 3.05) is 26.2 Å². The molecule has 2 fully saturated rings. The molecule has 1 aromatic carbocycles. The Morgan fingerprint density at radius 1 is 1.19 bits per heavy atom. The van der Waals surface area contributed by atoms with Crippen molar-refractivity contribution in [1.82, 2.24) is 9.80 Å². The van der Waals surface area contributed by atoms with Crippen molar-refractivity contribution in [3.63, 3.8) is 0 Å². The van der Waals surface area contributed by atoms with Gasteiger partial charge in [0.2, 0.25) is 0 Å². The number of hydrogen-bond donors (Lipinski definition) is 0. The average Bonchev–Trinajstić information content (AvgIpc) is 3.32. The van der Waals surface area contributed by atoms with Crippen LogP contribution < -0.4 is 0 Å². The largest absolute Gasteiger partial charge is 0.459 e. The Balaban J connectivity index is 1.41. The quantitative estimate of drug-likeness (QED) is 0.835. The van der Waals surface area contributed by atoms with E-state index in [1.807, 2.05) is 11.0 Å². The van der Waals surface area contributed by atoms with Crippen LogP contribution in [0.25, 0.3) is 6.08 Å². The summed E-state index contributed by atoms with van der Waals surface area (Å²) in [5.74, 6) is 0.485. The number of amides is 1. The molecule has 0 saturated carbocycles. The summed E-state index contributed by atoms with van der Waals surface area (Å²) in [6, 6.07) is 12.1. The summed E-state index contributed by atoms with van der Waals surface area (Å²) in [4.78, 5) is 17.1. The molecule has 2 aliphatic rings. The smallest absolute Gasteiger partial charge is 0.289 e. The number of furan rings is 1. The van der Waals surface area contributed by atoms with Crippen molar-refractivity contribution >= 4 is 12.0 Å². The second-order valence-corrected chi connectivity index (χ2v) is 7.72. The van der Waals surface area contributed by atoms with E-state index in [1.165, 1.54) is 24.0 Å². The third-order valence-corrected chi connectivity index (χ3v) is 5.79. The Morgan fingerprint density at radius 2 is 2.12 bits per heavy atom. The van der Waals surface area contributed by atoms with Crippen LogP contribution in [0.4, 0.5) is 0 Å². The van der Waals surface area contributed by atoms with Crippen LogP contribution in [0, 0.1) is 5.41 Å². The molecule has 3 heterocycles. The lowest BCUT2D eigenvalue weighted by atomic mass is 9.79. The number of carbonyl (C=O) groups excluding carboxylic acids is 1. The van der Waals surface area contributed by atoms with Gasteiger partial charge in [-0.2, -0.15) is 0 Å². The van der Waals surface area contributed by atoms with Gasteiger partial charge >= 0.3 is 0 Å². The van der Waals surface area contributed by atoms with E-state index in [0.717, 1.165) is 39.1 Å². The number of nitrogens with zero attached hydrogens (tertiary/aromatic N) is 2. The molecule has 1 amide bonds. The van der Waals surface area contributed by atoms with Crippen LogP contribution >= 0.6 is 0 Å². The Morgan fingerprint density at radius 3 is 2.92 bits per heavy atom. The molecular weight excluding hydrogens is 324 g/mol. The lowest BCUT2D eigenvalue weighted by Crippen LogP contribution is -2.45. The number of piperidine rings is 1. The highest BCUT2D eigenvalue weighted by Crippen LogP contribution is 2.39. The van der Waals surface area contributed by atoms with Gasteiger partial charge in [0.25, 0.3) is 5.91 Å². The summed E-state index contributed by atoms with van der Waals surface area (Å²) in [5.41, 5.74) is 2.74. The molecule has 4 nitrogen and oxygen atoms in total. The van der Waals surface area contributed by atoms with E-state index in [4.69, 9.17) is 4.42 Å². The number of carbonyl (C=O) groups is 1. The second-order valence-electron chi connectivity index (χ2n) is 7.72. The number of benzene rings is 1. The monoisotopic (exact) mass is 350 g/mol. The number of rotatable bonds is 4. The molecule has 0 unspecified atom stereocenters. The SMILES string of the molecule is C=Cc1cccc(CN2CCC[C@]3(CCN(C(=O)c4ccco4)C3)C2)c1. The van der Waals surface area contributed by atoms with Crippen molar-refractivity contribution in [2.45, 2.75) is 25.8 Å². The first-order valence-electron chi connectivity index (χ1n) is 9.44. The Kier molecular flexibility index (Phi) is 4.68. The highest BCUT2D eigenvalue weighted by atomic mass is 16.3. The predicted octanol–water partition coefficient (Wildman–Crippen LogP) is 4.05. The molecule has 0 radical (unpaired) electrons. The molecule has 2 saturated heterocycles. The summed E-state index contributed by atoms with van der Waals surface area (Å²) >= 11 is 0. The second kappa shape index (κ2) is 7.12. The van der Waals surface area contributed by atoms with E-state index in [2.05, 4.69) is 35.7 Å². The van der Waals surface area contributed by atoms with Gasteiger partial charge in [-0.05, 0) is 49.1 Å². The van der Waals surface area contributed by atoms with E-state index in [0.29, 0.717) is 5.76 Å². The number of hydrogen-bond acceptors (Lipinski definition) is 3. The summed E-state index contributed by atoms with van der Waals surface area (Å²) < 4.78 is 5.30. The van der Waals surface area contributed by atoms with Crippen molar-refractivity contribution in [3.8, 4) is 0 Å². The van der Waals surface area contributed by atoms with Gasteiger partial charge < -0.3 is 9.32 Å². The fraction of sp³-hybridized carbons (Fsp3) is 0.409. The van der Waals surface area contributed by atoms with Gasteiger partial charge in [0.15, 0.2) is 5.76 Å². The summed E-state index contributed by atoms with van der Waals surface area (Å²) in [6.07, 6.45) is 6.96. The Bertz CT molecular complexity index is 783. The van der Waals surface area contributed by atoms with Crippen LogP contribution in [0.1, 0.15) is 40.9 Å². The fourth-order valence-electron chi connectivity index (χ4n) is 4.52. The first-order valence-corrected chi connectivity index (χ1v) is 9.44. The summed E-state index contributed by atoms with van der Waals surface area (Å²) in [7, 11) is 0. The van der Waals surface area contributed by atoms with Crippen LogP contribution in [-0.2, 0) is 6.54 Å². The van der Waals surface area contributed by atoms with Gasteiger partial charge in [0.05, 0.1) is 6.26 Å². The van der Waals surface area contributed by atoms with Crippen molar-refractivity contribution in [1.29, 1.82) is 0 Å². The topological polar surface area (TPSA) is 36.7 Å². The maximum atomic E-state index is 12.6. The molecule has 26 heavy (non-hydrogen) atoms. The molecule has 1 aromatic heterocycles. The zero-order valence-corrected chi connectivity index (χ0v) is 15.2. The minimum Gasteiger partial charge on any atom is -0.459 e. The van der Waals surface area contributed by atoms with Gasteiger partial charge in [0, 0.05) is 31.6 Å². The molecule has 4 rings (SSSR count). The fourth-order valence-corrected chi connectivity index (χ4v) is 4.52. The molecule has 1 atom stereocenters. The van der Waals surface area contributed by atoms with Crippen LogP contribution in [0.5, 0.6) is 0 Å². The Labute approximate surface area is 155 Å². The Hall–Kier alpha value is -2.33. The van der Waals surface area contributed by atoms with Crippen LogP contribution in [0.2, 0.25) is 0 Å². The third-order valence-electron chi connectivity index (χ3n) is 5.79. The highest BCUT2D eigenvalue weighted by molar-refractivity contribution is 5.91. The normalized spacial score (nSPS) is 23.5. The molecule has 0 aliphatic carbocycles. The zero-order valence-electron chi connectivity index (χ0n) is 15.2. The molecular formula is C22H26N2O2. The first kappa shape index (κ1) is 17.1. The lowest BCUT2D eigenvalue weighted by molar-refractivity contribution is 0.0651. The molecule has 0 bridgehead atoms. The standard InChI is InChI=1S/C22H26N2O2/c1-2-18-6-3-7-19(14-18)15-23-11-5-9-22(16-23)10-12-24(17-22)21(25)20-8-4-13-26-20/h2-4,6-8,13-14H,1,5,9-12,15-17H2/t22-/m0/s1. The van der Waals surface area contributed by atoms with Crippen molar-refractivity contribution in [3.05, 3.63) is 66.1 Å². The maximum absolute atomic E-state index is 12.6. The van der Waals surface area contributed by atoms with E-state index >= 15 is 0 Å². The molecule has 4 heteroatoms. The van der Waals surface area contributed by atoms with Gasteiger partial charge in [-0.1, -0.05) is 36.9 Å². The van der Waals surface area contributed by atoms with Crippen molar-refractivity contribution < 1.29 is 9.21 Å². The van der Waals surface area contributed by atoms with Crippen LogP contribution in [-0.4, -0.2) is 41.9 Å². The summed E-state index contributed by atoms with van der Waals surface area (Å²) in [5, 5.41) is 0.